The number of nitrogens with zero attached hydrogens (tertiary/aromatic N) is 3. The second-order valence-corrected chi connectivity index (χ2v) is 12.4. The van der Waals surface area contributed by atoms with Crippen LogP contribution in [0.3, 0.4) is 0 Å². The molecular formula is C38H45N3O7. The van der Waals surface area contributed by atoms with Crippen molar-refractivity contribution in [2.75, 3.05) is 26.7 Å². The highest BCUT2D eigenvalue weighted by Gasteiger charge is 2.27. The average Bonchev–Trinajstić information content (AvgIpc) is 3.11. The van der Waals surface area contributed by atoms with Gasteiger partial charge in [0, 0.05) is 19.6 Å². The Kier molecular flexibility index (Phi) is 12.0. The topological polar surface area (TPSA) is 120 Å². The number of benzene rings is 3. The molecule has 1 fully saturated rings. The Bertz CT molecular complexity index is 1760. The Balaban J connectivity index is 1.25. The van der Waals surface area contributed by atoms with Gasteiger partial charge in [-0.25, -0.2) is 14.2 Å². The molecule has 1 N–H and O–H groups in total. The van der Waals surface area contributed by atoms with Crippen molar-refractivity contribution >= 4 is 22.8 Å². The molecule has 4 aromatic rings. The number of fused-ring (bicyclic) bond motifs is 1. The first-order chi connectivity index (χ1) is 23.3. The first-order valence-corrected chi connectivity index (χ1v) is 16.9. The van der Waals surface area contributed by atoms with Crippen LogP contribution in [0.5, 0.6) is 0 Å². The van der Waals surface area contributed by atoms with Crippen LogP contribution >= 0.6 is 0 Å². The molecule has 0 spiro atoms. The molecule has 10 nitrogen and oxygen atoms in total. The highest BCUT2D eigenvalue weighted by atomic mass is 16.5. The van der Waals surface area contributed by atoms with E-state index in [0.717, 1.165) is 54.6 Å². The number of ether oxygens (including phenoxy) is 2. The van der Waals surface area contributed by atoms with E-state index in [1.807, 2.05) is 43.3 Å². The number of piperidine rings is 1. The van der Waals surface area contributed by atoms with Gasteiger partial charge in [0.25, 0.3) is 5.56 Å². The Hall–Kier alpha value is -4.54. The fraction of sp³-hybridized carbons (Fsp3) is 0.421. The summed E-state index contributed by atoms with van der Waals surface area (Å²) in [5.74, 6) is -1.68. The number of aliphatic carboxylic acids is 1. The van der Waals surface area contributed by atoms with E-state index in [9.17, 15) is 24.3 Å². The van der Waals surface area contributed by atoms with Gasteiger partial charge in [-0.05, 0) is 67.5 Å². The molecule has 1 atom stereocenters. The Morgan fingerprint density at radius 2 is 1.52 bits per heavy atom. The molecule has 254 valence electrons. The Labute approximate surface area is 280 Å². The third-order valence-corrected chi connectivity index (χ3v) is 9.15. The van der Waals surface area contributed by atoms with Crippen molar-refractivity contribution in [3.05, 3.63) is 116 Å². The van der Waals surface area contributed by atoms with Crippen molar-refractivity contribution < 1.29 is 24.2 Å². The Morgan fingerprint density at radius 3 is 2.10 bits per heavy atom. The zero-order valence-electron chi connectivity index (χ0n) is 27.8. The van der Waals surface area contributed by atoms with E-state index in [1.54, 1.807) is 18.2 Å². The lowest BCUT2D eigenvalue weighted by atomic mass is 10.00. The molecule has 0 radical (unpaired) electrons. The largest absolute Gasteiger partial charge is 0.480 e. The molecule has 1 aromatic heterocycles. The number of carbonyl (C=O) groups is 2. The molecule has 1 unspecified atom stereocenters. The summed E-state index contributed by atoms with van der Waals surface area (Å²) in [6.45, 7) is 4.83. The zero-order valence-corrected chi connectivity index (χ0v) is 27.8. The van der Waals surface area contributed by atoms with Gasteiger partial charge in [-0.1, -0.05) is 80.1 Å². The fourth-order valence-corrected chi connectivity index (χ4v) is 6.59. The molecular weight excluding hydrogens is 610 g/mol. The van der Waals surface area contributed by atoms with Gasteiger partial charge in [0.05, 0.1) is 30.5 Å². The van der Waals surface area contributed by atoms with E-state index >= 15 is 0 Å². The second-order valence-electron chi connectivity index (χ2n) is 12.4. The van der Waals surface area contributed by atoms with Crippen LogP contribution in [0.2, 0.25) is 0 Å². The molecule has 0 saturated carbocycles. The highest BCUT2D eigenvalue weighted by Crippen LogP contribution is 2.30. The molecule has 1 saturated heterocycles. The zero-order chi connectivity index (χ0) is 34.0. The second kappa shape index (κ2) is 16.5. The van der Waals surface area contributed by atoms with Gasteiger partial charge in [-0.3, -0.25) is 14.2 Å². The number of esters is 1. The normalized spacial score (nSPS) is 14.7. The van der Waals surface area contributed by atoms with Gasteiger partial charge in [0.1, 0.15) is 12.1 Å². The van der Waals surface area contributed by atoms with Crippen molar-refractivity contribution in [2.45, 2.75) is 76.7 Å². The van der Waals surface area contributed by atoms with E-state index < -0.39 is 29.2 Å². The third kappa shape index (κ3) is 8.29. The minimum atomic E-state index is -1.28. The number of hydrogen-bond acceptors (Lipinski definition) is 7. The molecule has 5 rings (SSSR count). The van der Waals surface area contributed by atoms with E-state index in [2.05, 4.69) is 29.2 Å². The third-order valence-electron chi connectivity index (χ3n) is 9.15. The van der Waals surface area contributed by atoms with Gasteiger partial charge in [0.2, 0.25) is 0 Å². The van der Waals surface area contributed by atoms with Gasteiger partial charge < -0.3 is 19.5 Å². The molecule has 0 aliphatic carbocycles. The van der Waals surface area contributed by atoms with Crippen molar-refractivity contribution in [1.82, 2.24) is 14.0 Å². The minimum Gasteiger partial charge on any atom is -0.480 e. The number of likely N-dealkylation sites (tertiary alicyclic amines) is 1. The molecule has 48 heavy (non-hydrogen) atoms. The Morgan fingerprint density at radius 1 is 0.896 bits per heavy atom. The minimum absolute atomic E-state index is 0.0385. The highest BCUT2D eigenvalue weighted by molar-refractivity contribution is 5.81. The van der Waals surface area contributed by atoms with Crippen LogP contribution in [-0.4, -0.2) is 63.9 Å². The smallest absolute Gasteiger partial charge is 0.332 e. The maximum Gasteiger partial charge on any atom is 0.332 e. The van der Waals surface area contributed by atoms with Gasteiger partial charge in [-0.15, -0.1) is 0 Å². The van der Waals surface area contributed by atoms with E-state index in [-0.39, 0.29) is 30.4 Å². The van der Waals surface area contributed by atoms with Crippen LogP contribution in [0.15, 0.2) is 88.5 Å². The van der Waals surface area contributed by atoms with Crippen molar-refractivity contribution in [3.63, 3.8) is 0 Å². The monoisotopic (exact) mass is 655 g/mol. The van der Waals surface area contributed by atoms with Crippen LogP contribution in [0.4, 0.5) is 0 Å². The molecule has 10 heteroatoms. The van der Waals surface area contributed by atoms with Gasteiger partial charge in [-0.2, -0.15) is 0 Å². The molecule has 0 amide bonds. The summed E-state index contributed by atoms with van der Waals surface area (Å²) in [7, 11) is 1.29. The van der Waals surface area contributed by atoms with Crippen LogP contribution in [0.25, 0.3) is 10.9 Å². The number of unbranched alkanes of at least 4 members (excludes halogenated alkanes) is 1. The molecule has 1 aliphatic rings. The predicted molar refractivity (Wildman–Crippen MR) is 184 cm³/mol. The quantitative estimate of drug-likeness (QED) is 0.134. The number of rotatable bonds is 15. The number of carboxylic acids is 1. The number of hydrogen-bond donors (Lipinski definition) is 1. The van der Waals surface area contributed by atoms with Crippen LogP contribution in [0.1, 0.15) is 74.3 Å². The lowest BCUT2D eigenvalue weighted by Gasteiger charge is -2.34. The van der Waals surface area contributed by atoms with Crippen molar-refractivity contribution in [2.24, 2.45) is 0 Å². The van der Waals surface area contributed by atoms with Gasteiger partial charge >= 0.3 is 17.6 Å². The fourth-order valence-electron chi connectivity index (χ4n) is 6.59. The lowest BCUT2D eigenvalue weighted by molar-refractivity contribution is -0.141. The number of carboxylic acid groups (broad SMARTS) is 1. The first-order valence-electron chi connectivity index (χ1n) is 16.9. The predicted octanol–water partition coefficient (Wildman–Crippen LogP) is 5.36. The van der Waals surface area contributed by atoms with E-state index in [4.69, 9.17) is 9.47 Å². The summed E-state index contributed by atoms with van der Waals surface area (Å²) in [5.41, 5.74) is 1.98. The van der Waals surface area contributed by atoms with Crippen LogP contribution in [-0.2, 0) is 32.0 Å². The number of methoxy groups -OCH3 is 1. The standard InChI is InChI=1S/C38H45N3O7/c1-3-12-33(37(44)45)41-36(43)31-25-27(26-34(42)47-2)17-18-32(31)40(38(41)46)22-11-10-21-39-23-19-30(20-24-39)48-35(28-13-6-4-7-14-28)29-15-8-5-9-16-29/h4-9,13-18,25,30,33,35H,3,10-12,19-24,26H2,1-2H3,(H,44,45). The maximum absolute atomic E-state index is 13.7. The summed E-state index contributed by atoms with van der Waals surface area (Å²) in [6.07, 6.45) is 3.97. The van der Waals surface area contributed by atoms with Crippen LogP contribution < -0.4 is 11.2 Å². The first kappa shape index (κ1) is 34.8. The van der Waals surface area contributed by atoms with Crippen molar-refractivity contribution in [1.29, 1.82) is 0 Å². The summed E-state index contributed by atoms with van der Waals surface area (Å²) in [5, 5.41) is 10.1. The summed E-state index contributed by atoms with van der Waals surface area (Å²) < 4.78 is 13.9. The lowest BCUT2D eigenvalue weighted by Crippen LogP contribution is -2.44. The molecule has 0 bridgehead atoms. The number of carbonyl (C=O) groups excluding carboxylic acids is 1. The number of aryl methyl sites for hydroxylation is 1. The maximum atomic E-state index is 13.7. The van der Waals surface area contributed by atoms with Crippen molar-refractivity contribution in [3.8, 4) is 0 Å². The van der Waals surface area contributed by atoms with Crippen LogP contribution in [0, 0.1) is 0 Å². The van der Waals surface area contributed by atoms with E-state index in [0.29, 0.717) is 30.5 Å². The van der Waals surface area contributed by atoms with E-state index in [1.165, 1.54) is 11.7 Å². The SMILES string of the molecule is CCCC(C(=O)O)n1c(=O)c2cc(CC(=O)OC)ccc2n(CCCCN2CCC(OC(c3ccccc3)c3ccccc3)CC2)c1=O. The molecule has 2 heterocycles. The molecule has 3 aromatic carbocycles. The molecule has 1 aliphatic heterocycles. The summed E-state index contributed by atoms with van der Waals surface area (Å²) in [4.78, 5) is 53.8. The summed E-state index contributed by atoms with van der Waals surface area (Å²) >= 11 is 0. The van der Waals surface area contributed by atoms with Gasteiger partial charge in [0.15, 0.2) is 0 Å². The summed E-state index contributed by atoms with van der Waals surface area (Å²) in [6, 6.07) is 24.3. The number of aromatic nitrogens is 2. The average molecular weight is 656 g/mol.